The van der Waals surface area contributed by atoms with Gasteiger partial charge in [0, 0.05) is 12.0 Å². The van der Waals surface area contributed by atoms with Crippen LogP contribution in [0.1, 0.15) is 5.69 Å². The van der Waals surface area contributed by atoms with Crippen LogP contribution in [0.5, 0.6) is 5.75 Å². The lowest BCUT2D eigenvalue weighted by molar-refractivity contribution is 0.412. The molecule has 4 nitrogen and oxygen atoms in total. The first-order valence-electron chi connectivity index (χ1n) is 5.61. The highest BCUT2D eigenvalue weighted by Gasteiger charge is 2.05. The molecule has 0 aliphatic rings. The van der Waals surface area contributed by atoms with E-state index in [0.29, 0.717) is 6.54 Å². The second kappa shape index (κ2) is 5.93. The monoisotopic (exact) mass is 307 g/mol. The lowest BCUT2D eigenvalue weighted by atomic mass is 10.1. The summed E-state index contributed by atoms with van der Waals surface area (Å²) in [4.78, 5) is 0. The number of ether oxygens (including phenoxy) is 1. The van der Waals surface area contributed by atoms with E-state index in [0.717, 1.165) is 33.6 Å². The fraction of sp³-hybridized carbons (Fsp3) is 0.231. The molecule has 0 aliphatic heterocycles. The normalized spacial score (nSPS) is 10.4. The third-order valence-corrected chi connectivity index (χ3v) is 3.19. The molecule has 1 heterocycles. The zero-order valence-electron chi connectivity index (χ0n) is 10.1. The third-order valence-electron chi connectivity index (χ3n) is 2.57. The second-order valence-corrected chi connectivity index (χ2v) is 4.65. The van der Waals surface area contributed by atoms with E-state index in [1.165, 1.54) is 0 Å². The van der Waals surface area contributed by atoms with E-state index < -0.39 is 0 Å². The minimum atomic E-state index is 0.585. The zero-order chi connectivity index (χ0) is 13.0. The van der Waals surface area contributed by atoms with Gasteiger partial charge in [-0.3, -0.25) is 0 Å². The van der Waals surface area contributed by atoms with Crippen molar-refractivity contribution in [2.75, 3.05) is 13.7 Å². The molecule has 0 spiro atoms. The molecule has 1 aromatic carbocycles. The van der Waals surface area contributed by atoms with Gasteiger partial charge in [-0.2, -0.15) is 10.2 Å². The molecule has 5 heteroatoms. The van der Waals surface area contributed by atoms with Gasteiger partial charge in [0.1, 0.15) is 5.75 Å². The Balaban J connectivity index is 2.28. The predicted octanol–water partition coefficient (Wildman–Crippen LogP) is 2.42. The molecule has 0 aliphatic carbocycles. The number of aromatic nitrogens is 2. The van der Waals surface area contributed by atoms with Crippen molar-refractivity contribution < 1.29 is 4.74 Å². The molecule has 0 radical (unpaired) electrons. The van der Waals surface area contributed by atoms with Crippen molar-refractivity contribution in [3.8, 4) is 17.0 Å². The van der Waals surface area contributed by atoms with Gasteiger partial charge in [0.2, 0.25) is 0 Å². The molecule has 0 bridgehead atoms. The summed E-state index contributed by atoms with van der Waals surface area (Å²) in [5, 5.41) is 8.34. The van der Waals surface area contributed by atoms with Gasteiger partial charge in [0.15, 0.2) is 0 Å². The topological polar surface area (TPSA) is 61.0 Å². The number of hydrogen-bond donors (Lipinski definition) is 1. The highest BCUT2D eigenvalue weighted by molar-refractivity contribution is 9.10. The van der Waals surface area contributed by atoms with Crippen molar-refractivity contribution in [3.63, 3.8) is 0 Å². The van der Waals surface area contributed by atoms with Crippen LogP contribution in [0.3, 0.4) is 0 Å². The van der Waals surface area contributed by atoms with E-state index in [-0.39, 0.29) is 0 Å². The number of methoxy groups -OCH3 is 1. The van der Waals surface area contributed by atoms with Crippen LogP contribution < -0.4 is 10.5 Å². The number of rotatable bonds is 4. The summed E-state index contributed by atoms with van der Waals surface area (Å²) in [6, 6.07) is 9.72. The smallest absolute Gasteiger partial charge is 0.133 e. The van der Waals surface area contributed by atoms with E-state index in [2.05, 4.69) is 26.1 Å². The Bertz CT molecular complexity index is 528. The molecule has 0 amide bonds. The van der Waals surface area contributed by atoms with Gasteiger partial charge in [-0.25, -0.2) is 0 Å². The quantitative estimate of drug-likeness (QED) is 0.942. The fourth-order valence-corrected chi connectivity index (χ4v) is 2.16. The summed E-state index contributed by atoms with van der Waals surface area (Å²) in [5.74, 6) is 0.798. The molecule has 0 fully saturated rings. The average Bonchev–Trinajstić information content (AvgIpc) is 2.40. The van der Waals surface area contributed by atoms with Crippen LogP contribution in [0.25, 0.3) is 11.3 Å². The Hall–Kier alpha value is -1.46. The van der Waals surface area contributed by atoms with Gasteiger partial charge in [0.25, 0.3) is 0 Å². The van der Waals surface area contributed by atoms with E-state index in [1.54, 1.807) is 7.11 Å². The maximum Gasteiger partial charge on any atom is 0.133 e. The molecule has 2 N–H and O–H groups in total. The molecule has 94 valence electrons. The van der Waals surface area contributed by atoms with Crippen molar-refractivity contribution in [1.82, 2.24) is 10.2 Å². The van der Waals surface area contributed by atoms with Crippen LogP contribution in [0.2, 0.25) is 0 Å². The van der Waals surface area contributed by atoms with E-state index >= 15 is 0 Å². The highest BCUT2D eigenvalue weighted by atomic mass is 79.9. The first-order valence-corrected chi connectivity index (χ1v) is 6.40. The lowest BCUT2D eigenvalue weighted by Gasteiger charge is -2.06. The SMILES string of the molecule is COc1ccc(-c2ccc(CCN)nn2)cc1Br. The Labute approximate surface area is 114 Å². The molecular formula is C13H14BrN3O. The molecule has 0 saturated heterocycles. The van der Waals surface area contributed by atoms with Crippen LogP contribution in [-0.4, -0.2) is 23.9 Å². The molecule has 2 aromatic rings. The predicted molar refractivity (Wildman–Crippen MR) is 74.5 cm³/mol. The van der Waals surface area contributed by atoms with E-state index in [9.17, 15) is 0 Å². The van der Waals surface area contributed by atoms with Crippen LogP contribution in [0.15, 0.2) is 34.8 Å². The summed E-state index contributed by atoms with van der Waals surface area (Å²) in [6.07, 6.45) is 0.750. The Morgan fingerprint density at radius 2 is 2.06 bits per heavy atom. The van der Waals surface area contributed by atoms with Gasteiger partial charge in [-0.15, -0.1) is 0 Å². The largest absolute Gasteiger partial charge is 0.496 e. The van der Waals surface area contributed by atoms with Gasteiger partial charge in [0.05, 0.1) is 23.0 Å². The summed E-state index contributed by atoms with van der Waals surface area (Å²) < 4.78 is 6.09. The van der Waals surface area contributed by atoms with Gasteiger partial charge in [-0.05, 0) is 52.8 Å². The van der Waals surface area contributed by atoms with Crippen molar-refractivity contribution >= 4 is 15.9 Å². The Morgan fingerprint density at radius 3 is 2.61 bits per heavy atom. The Kier molecular flexibility index (Phi) is 4.28. The molecule has 0 unspecified atom stereocenters. The summed E-state index contributed by atoms with van der Waals surface area (Å²) in [6.45, 7) is 0.585. The zero-order valence-corrected chi connectivity index (χ0v) is 11.6. The molecule has 0 atom stereocenters. The molecule has 18 heavy (non-hydrogen) atoms. The summed E-state index contributed by atoms with van der Waals surface area (Å²) in [5.41, 5.74) is 8.21. The first-order chi connectivity index (χ1) is 8.74. The molecule has 0 saturated carbocycles. The minimum Gasteiger partial charge on any atom is -0.496 e. The van der Waals surface area contributed by atoms with E-state index in [4.69, 9.17) is 10.5 Å². The molecular weight excluding hydrogens is 294 g/mol. The van der Waals surface area contributed by atoms with Crippen LogP contribution in [-0.2, 0) is 6.42 Å². The third kappa shape index (κ3) is 2.86. The molecule has 1 aromatic heterocycles. The summed E-state index contributed by atoms with van der Waals surface area (Å²) >= 11 is 3.45. The van der Waals surface area contributed by atoms with Gasteiger partial charge in [-0.1, -0.05) is 0 Å². The molecule has 2 rings (SSSR count). The van der Waals surface area contributed by atoms with Gasteiger partial charge >= 0.3 is 0 Å². The standard InChI is InChI=1S/C13H14BrN3O/c1-18-13-5-2-9(8-11(13)14)12-4-3-10(6-7-15)16-17-12/h2-5,8H,6-7,15H2,1H3. The van der Waals surface area contributed by atoms with Gasteiger partial charge < -0.3 is 10.5 Å². The maximum atomic E-state index is 5.47. The first kappa shape index (κ1) is 13.0. The highest BCUT2D eigenvalue weighted by Crippen LogP contribution is 2.29. The van der Waals surface area contributed by atoms with Crippen molar-refractivity contribution in [3.05, 3.63) is 40.5 Å². The average molecular weight is 308 g/mol. The van der Waals surface area contributed by atoms with Crippen LogP contribution >= 0.6 is 15.9 Å². The Morgan fingerprint density at radius 1 is 1.22 bits per heavy atom. The fourth-order valence-electron chi connectivity index (χ4n) is 1.62. The van der Waals surface area contributed by atoms with Crippen molar-refractivity contribution in [2.45, 2.75) is 6.42 Å². The number of hydrogen-bond acceptors (Lipinski definition) is 4. The number of nitrogens with two attached hydrogens (primary N) is 1. The van der Waals surface area contributed by atoms with Crippen molar-refractivity contribution in [1.29, 1.82) is 0 Å². The minimum absolute atomic E-state index is 0.585. The van der Waals surface area contributed by atoms with Crippen LogP contribution in [0.4, 0.5) is 0 Å². The number of nitrogens with zero attached hydrogens (tertiary/aromatic N) is 2. The van der Waals surface area contributed by atoms with E-state index in [1.807, 2.05) is 30.3 Å². The maximum absolute atomic E-state index is 5.47. The summed E-state index contributed by atoms with van der Waals surface area (Å²) in [7, 11) is 1.64. The van der Waals surface area contributed by atoms with Crippen molar-refractivity contribution in [2.24, 2.45) is 5.73 Å². The lowest BCUT2D eigenvalue weighted by Crippen LogP contribution is -2.05. The van der Waals surface area contributed by atoms with Crippen LogP contribution in [0, 0.1) is 0 Å². The number of benzene rings is 1. The number of halogens is 1. The second-order valence-electron chi connectivity index (χ2n) is 3.80.